The minimum Gasteiger partial charge on any atom is -0.494 e. The molecule has 3 rings (SSSR count). The minimum absolute atomic E-state index is 0.388. The van der Waals surface area contributed by atoms with Gasteiger partial charge in [-0.25, -0.2) is 0 Å². The summed E-state index contributed by atoms with van der Waals surface area (Å²) in [4.78, 5) is 0. The van der Waals surface area contributed by atoms with Crippen LogP contribution in [-0.2, 0) is 0 Å². The van der Waals surface area contributed by atoms with Crippen LogP contribution < -0.4 is 4.74 Å². The Bertz CT molecular complexity index is 672. The summed E-state index contributed by atoms with van der Waals surface area (Å²) in [6.07, 6.45) is 6.01. The second-order valence-electron chi connectivity index (χ2n) is 5.98. The van der Waals surface area contributed by atoms with Crippen LogP contribution in [-0.4, -0.2) is 17.5 Å². The first-order valence-electron chi connectivity index (χ1n) is 8.20. The van der Waals surface area contributed by atoms with E-state index in [0.717, 1.165) is 40.6 Å². The number of rotatable bonds is 4. The summed E-state index contributed by atoms with van der Waals surface area (Å²) in [5.41, 5.74) is 1.88. The quantitative estimate of drug-likeness (QED) is 0.490. The molecule has 0 aromatic heterocycles. The lowest BCUT2D eigenvalue weighted by atomic mass is 9.83. The van der Waals surface area contributed by atoms with Crippen LogP contribution in [0.5, 0.6) is 5.75 Å². The maximum absolute atomic E-state index is 9.49. The first-order chi connectivity index (χ1) is 10.8. The van der Waals surface area contributed by atoms with Gasteiger partial charge in [-0.05, 0) is 48.7 Å². The number of hydrogen-bond acceptors (Lipinski definition) is 3. The number of oxime groups is 1. The maximum atomic E-state index is 9.49. The topological polar surface area (TPSA) is 41.8 Å². The van der Waals surface area contributed by atoms with Crippen molar-refractivity contribution in [2.24, 2.45) is 11.1 Å². The predicted octanol–water partition coefficient (Wildman–Crippen LogP) is 5.00. The summed E-state index contributed by atoms with van der Waals surface area (Å²) < 4.78 is 5.54. The first kappa shape index (κ1) is 14.9. The number of hydrogen-bond donors (Lipinski definition) is 1. The van der Waals surface area contributed by atoms with Gasteiger partial charge in [-0.2, -0.15) is 0 Å². The zero-order chi connectivity index (χ0) is 15.4. The Morgan fingerprint density at radius 1 is 1.09 bits per heavy atom. The highest BCUT2D eigenvalue weighted by Gasteiger charge is 2.21. The zero-order valence-electron chi connectivity index (χ0n) is 13.1. The average Bonchev–Trinajstić information content (AvgIpc) is 2.57. The molecule has 1 saturated carbocycles. The predicted molar refractivity (Wildman–Crippen MR) is 90.0 cm³/mol. The summed E-state index contributed by atoms with van der Waals surface area (Å²) in [5, 5.41) is 15.4. The van der Waals surface area contributed by atoms with Gasteiger partial charge >= 0.3 is 0 Å². The highest BCUT2D eigenvalue weighted by atomic mass is 16.5. The Balaban J connectivity index is 1.91. The lowest BCUT2D eigenvalue weighted by Crippen LogP contribution is -2.19. The van der Waals surface area contributed by atoms with E-state index < -0.39 is 0 Å². The van der Waals surface area contributed by atoms with Crippen molar-refractivity contribution < 1.29 is 9.94 Å². The van der Waals surface area contributed by atoms with E-state index in [-0.39, 0.29) is 0 Å². The van der Waals surface area contributed by atoms with Gasteiger partial charge in [-0.3, -0.25) is 0 Å². The molecule has 2 aromatic rings. The summed E-state index contributed by atoms with van der Waals surface area (Å²) in [6.45, 7) is 2.66. The van der Waals surface area contributed by atoms with Crippen molar-refractivity contribution in [1.82, 2.24) is 0 Å². The van der Waals surface area contributed by atoms with Gasteiger partial charge in [0.25, 0.3) is 0 Å². The van der Waals surface area contributed by atoms with Crippen LogP contribution in [0.15, 0.2) is 41.6 Å². The third-order valence-electron chi connectivity index (χ3n) is 4.52. The molecule has 22 heavy (non-hydrogen) atoms. The van der Waals surface area contributed by atoms with E-state index >= 15 is 0 Å². The molecule has 0 saturated heterocycles. The zero-order valence-corrected chi connectivity index (χ0v) is 13.1. The van der Waals surface area contributed by atoms with E-state index in [2.05, 4.69) is 35.5 Å². The van der Waals surface area contributed by atoms with E-state index in [1.807, 2.05) is 13.0 Å². The monoisotopic (exact) mass is 297 g/mol. The van der Waals surface area contributed by atoms with Gasteiger partial charge in [0, 0.05) is 11.5 Å². The molecule has 0 spiro atoms. The molecule has 0 heterocycles. The summed E-state index contributed by atoms with van der Waals surface area (Å²) in [7, 11) is 0. The molecule has 0 amide bonds. The number of nitrogens with zero attached hydrogens (tertiary/aromatic N) is 1. The Morgan fingerprint density at radius 2 is 1.82 bits per heavy atom. The van der Waals surface area contributed by atoms with E-state index in [1.54, 1.807) is 0 Å². The molecule has 3 nitrogen and oxygen atoms in total. The van der Waals surface area contributed by atoms with E-state index in [9.17, 15) is 5.21 Å². The van der Waals surface area contributed by atoms with Crippen molar-refractivity contribution >= 4 is 16.5 Å². The highest BCUT2D eigenvalue weighted by molar-refractivity contribution is 6.04. The van der Waals surface area contributed by atoms with Gasteiger partial charge < -0.3 is 9.94 Å². The van der Waals surface area contributed by atoms with Crippen LogP contribution >= 0.6 is 0 Å². The van der Waals surface area contributed by atoms with Crippen LogP contribution in [0.3, 0.4) is 0 Å². The second kappa shape index (κ2) is 6.82. The van der Waals surface area contributed by atoms with Gasteiger partial charge in [-0.15, -0.1) is 0 Å². The van der Waals surface area contributed by atoms with Crippen LogP contribution in [0.25, 0.3) is 10.8 Å². The molecule has 2 aromatic carbocycles. The minimum atomic E-state index is 0.388. The molecule has 0 atom stereocenters. The smallest absolute Gasteiger partial charge is 0.119 e. The Labute approximate surface area is 131 Å². The third-order valence-corrected chi connectivity index (χ3v) is 4.52. The van der Waals surface area contributed by atoms with Crippen LogP contribution in [0, 0.1) is 5.92 Å². The molecule has 1 fully saturated rings. The van der Waals surface area contributed by atoms with Crippen molar-refractivity contribution in [1.29, 1.82) is 0 Å². The average molecular weight is 297 g/mol. The number of fused-ring (bicyclic) bond motifs is 1. The molecule has 1 aliphatic carbocycles. The largest absolute Gasteiger partial charge is 0.494 e. The van der Waals surface area contributed by atoms with Crippen molar-refractivity contribution in [2.75, 3.05) is 6.61 Å². The molecule has 0 bridgehead atoms. The molecule has 0 unspecified atom stereocenters. The van der Waals surface area contributed by atoms with Crippen molar-refractivity contribution in [2.45, 2.75) is 39.0 Å². The van der Waals surface area contributed by atoms with Crippen LogP contribution in [0.4, 0.5) is 0 Å². The first-order valence-corrected chi connectivity index (χ1v) is 8.20. The molecule has 1 aliphatic rings. The standard InChI is InChI=1S/C19H23NO2/c1-2-22-18-11-10-15-12-17(9-8-16(15)13-18)19(20-21)14-6-4-3-5-7-14/h8-14,21H,2-7H2,1H3/b20-19+. The fraction of sp³-hybridized carbons (Fsp3) is 0.421. The fourth-order valence-electron chi connectivity index (χ4n) is 3.39. The van der Waals surface area contributed by atoms with Gasteiger partial charge in [0.1, 0.15) is 5.75 Å². The molecular weight excluding hydrogens is 274 g/mol. The molecule has 0 aliphatic heterocycles. The third kappa shape index (κ3) is 3.08. The SMILES string of the molecule is CCOc1ccc2cc(/C(=N/O)C3CCCCC3)ccc2c1. The lowest BCUT2D eigenvalue weighted by molar-refractivity contribution is 0.310. The van der Waals surface area contributed by atoms with Crippen LogP contribution in [0.2, 0.25) is 0 Å². The molecular formula is C19H23NO2. The Kier molecular flexibility index (Phi) is 4.62. The Hall–Kier alpha value is -2.03. The van der Waals surface area contributed by atoms with Crippen molar-refractivity contribution in [3.05, 3.63) is 42.0 Å². The molecule has 1 N–H and O–H groups in total. The van der Waals surface area contributed by atoms with E-state index in [1.165, 1.54) is 19.3 Å². The Morgan fingerprint density at radius 3 is 2.55 bits per heavy atom. The van der Waals surface area contributed by atoms with E-state index in [0.29, 0.717) is 12.5 Å². The normalized spacial score (nSPS) is 16.9. The molecule has 3 heteroatoms. The van der Waals surface area contributed by atoms with E-state index in [4.69, 9.17) is 4.74 Å². The van der Waals surface area contributed by atoms with Gasteiger partial charge in [0.2, 0.25) is 0 Å². The summed E-state index contributed by atoms with van der Waals surface area (Å²) >= 11 is 0. The van der Waals surface area contributed by atoms with Crippen LogP contribution in [0.1, 0.15) is 44.6 Å². The summed E-state index contributed by atoms with van der Waals surface area (Å²) in [5.74, 6) is 1.28. The second-order valence-corrected chi connectivity index (χ2v) is 5.98. The van der Waals surface area contributed by atoms with Gasteiger partial charge in [0.15, 0.2) is 0 Å². The highest BCUT2D eigenvalue weighted by Crippen LogP contribution is 2.29. The van der Waals surface area contributed by atoms with Gasteiger partial charge in [0.05, 0.1) is 12.3 Å². The molecule has 0 radical (unpaired) electrons. The molecule has 116 valence electrons. The lowest BCUT2D eigenvalue weighted by Gasteiger charge is -2.22. The van der Waals surface area contributed by atoms with Crippen molar-refractivity contribution in [3.8, 4) is 5.75 Å². The number of ether oxygens (including phenoxy) is 1. The summed E-state index contributed by atoms with van der Waals surface area (Å²) in [6, 6.07) is 12.4. The van der Waals surface area contributed by atoms with Gasteiger partial charge in [-0.1, -0.05) is 42.6 Å². The fourth-order valence-corrected chi connectivity index (χ4v) is 3.39. The maximum Gasteiger partial charge on any atom is 0.119 e. The number of benzene rings is 2. The van der Waals surface area contributed by atoms with Crippen molar-refractivity contribution in [3.63, 3.8) is 0 Å².